The molecule has 2 heterocycles. The van der Waals surface area contributed by atoms with Gasteiger partial charge in [0.15, 0.2) is 5.78 Å². The fraction of sp³-hybridized carbons (Fsp3) is 0.292. The highest BCUT2D eigenvalue weighted by Crippen LogP contribution is 2.17. The predicted molar refractivity (Wildman–Crippen MR) is 125 cm³/mol. The molecule has 166 valence electrons. The van der Waals surface area contributed by atoms with E-state index in [-0.39, 0.29) is 36.3 Å². The molecule has 1 atom stereocenters. The quantitative estimate of drug-likeness (QED) is 0.548. The molecule has 1 fully saturated rings. The topological polar surface area (TPSA) is 102 Å². The minimum atomic E-state index is -0.653. The van der Waals surface area contributed by atoms with Gasteiger partial charge >= 0.3 is 5.69 Å². The summed E-state index contributed by atoms with van der Waals surface area (Å²) >= 11 is 0. The SMILES string of the molecule is Cn1c(=O)c(C(=O)CN2CCC(Nc3ccccc3)C2)c(N)n(Cc2ccccc2)c1=O. The molecule has 3 aromatic rings. The number of likely N-dealkylation sites (tertiary alicyclic amines) is 1. The first-order valence-electron chi connectivity index (χ1n) is 10.6. The molecular weight excluding hydrogens is 406 g/mol. The molecule has 0 spiro atoms. The smallest absolute Gasteiger partial charge is 0.332 e. The molecule has 1 aliphatic rings. The van der Waals surface area contributed by atoms with Crippen LogP contribution in [-0.4, -0.2) is 45.5 Å². The van der Waals surface area contributed by atoms with Crippen molar-refractivity contribution in [3.8, 4) is 0 Å². The highest BCUT2D eigenvalue weighted by molar-refractivity contribution is 6.01. The number of nitrogens with two attached hydrogens (primary N) is 1. The number of nitrogen functional groups attached to an aromatic ring is 1. The minimum absolute atomic E-state index is 0.0786. The molecule has 8 nitrogen and oxygen atoms in total. The molecule has 0 amide bonds. The summed E-state index contributed by atoms with van der Waals surface area (Å²) in [6.45, 7) is 1.69. The number of nitrogens with one attached hydrogen (secondary N) is 1. The van der Waals surface area contributed by atoms with Crippen molar-refractivity contribution in [1.82, 2.24) is 14.0 Å². The van der Waals surface area contributed by atoms with E-state index in [9.17, 15) is 14.4 Å². The zero-order chi connectivity index (χ0) is 22.7. The number of rotatable bonds is 7. The Morgan fingerprint density at radius 1 is 1.06 bits per heavy atom. The summed E-state index contributed by atoms with van der Waals surface area (Å²) in [5, 5.41) is 3.47. The van der Waals surface area contributed by atoms with E-state index in [0.29, 0.717) is 6.54 Å². The molecule has 1 unspecified atom stereocenters. The second kappa shape index (κ2) is 9.23. The van der Waals surface area contributed by atoms with Crippen molar-refractivity contribution in [3.05, 3.63) is 92.6 Å². The Morgan fingerprint density at radius 3 is 2.41 bits per heavy atom. The van der Waals surface area contributed by atoms with Gasteiger partial charge in [0.1, 0.15) is 11.4 Å². The molecular formula is C24H27N5O3. The van der Waals surface area contributed by atoms with Crippen molar-refractivity contribution < 1.29 is 4.79 Å². The molecule has 8 heteroatoms. The summed E-state index contributed by atoms with van der Waals surface area (Å²) in [6.07, 6.45) is 0.892. The van der Waals surface area contributed by atoms with Gasteiger partial charge in [-0.25, -0.2) is 4.79 Å². The fourth-order valence-corrected chi connectivity index (χ4v) is 4.11. The van der Waals surface area contributed by atoms with Crippen molar-refractivity contribution >= 4 is 17.3 Å². The molecule has 1 aliphatic heterocycles. The van der Waals surface area contributed by atoms with E-state index in [2.05, 4.69) is 5.32 Å². The number of ketones is 1. The summed E-state index contributed by atoms with van der Waals surface area (Å²) in [7, 11) is 1.37. The maximum atomic E-state index is 13.1. The van der Waals surface area contributed by atoms with E-state index in [1.165, 1.54) is 11.6 Å². The first-order chi connectivity index (χ1) is 15.4. The van der Waals surface area contributed by atoms with Crippen LogP contribution in [0.5, 0.6) is 0 Å². The van der Waals surface area contributed by atoms with Crippen LogP contribution in [0.2, 0.25) is 0 Å². The maximum Gasteiger partial charge on any atom is 0.332 e. The molecule has 0 saturated carbocycles. The number of hydrogen-bond donors (Lipinski definition) is 2. The van der Waals surface area contributed by atoms with Crippen LogP contribution in [0.3, 0.4) is 0 Å². The highest BCUT2D eigenvalue weighted by atomic mass is 16.2. The fourth-order valence-electron chi connectivity index (χ4n) is 4.11. The monoisotopic (exact) mass is 433 g/mol. The Hall–Kier alpha value is -3.65. The molecule has 3 N–H and O–H groups in total. The number of hydrogen-bond acceptors (Lipinski definition) is 6. The van der Waals surface area contributed by atoms with Gasteiger partial charge in [-0.05, 0) is 24.1 Å². The van der Waals surface area contributed by atoms with Crippen molar-refractivity contribution in [1.29, 1.82) is 0 Å². The maximum absolute atomic E-state index is 13.1. The summed E-state index contributed by atoms with van der Waals surface area (Å²) in [5.74, 6) is -0.449. The summed E-state index contributed by atoms with van der Waals surface area (Å²) in [5.41, 5.74) is 6.78. The zero-order valence-electron chi connectivity index (χ0n) is 18.0. The Labute approximate surface area is 185 Å². The van der Waals surface area contributed by atoms with Gasteiger partial charge in [-0.3, -0.25) is 23.6 Å². The van der Waals surface area contributed by atoms with Gasteiger partial charge in [-0.2, -0.15) is 0 Å². The lowest BCUT2D eigenvalue weighted by Crippen LogP contribution is -2.44. The van der Waals surface area contributed by atoms with Gasteiger partial charge in [0.05, 0.1) is 13.1 Å². The summed E-state index contributed by atoms with van der Waals surface area (Å²) in [4.78, 5) is 40.5. The van der Waals surface area contributed by atoms with Gasteiger partial charge in [-0.15, -0.1) is 0 Å². The summed E-state index contributed by atoms with van der Waals surface area (Å²) < 4.78 is 2.24. The van der Waals surface area contributed by atoms with Gasteiger partial charge in [0, 0.05) is 31.9 Å². The zero-order valence-corrected chi connectivity index (χ0v) is 18.0. The van der Waals surface area contributed by atoms with Crippen LogP contribution in [-0.2, 0) is 13.6 Å². The van der Waals surface area contributed by atoms with Gasteiger partial charge < -0.3 is 11.1 Å². The average Bonchev–Trinajstić information content (AvgIpc) is 3.23. The molecule has 1 aromatic heterocycles. The Bertz CT molecular complexity index is 1220. The molecule has 1 saturated heterocycles. The molecule has 0 aliphatic carbocycles. The minimum Gasteiger partial charge on any atom is -0.384 e. The Kier molecular flexibility index (Phi) is 6.23. The van der Waals surface area contributed by atoms with Crippen molar-refractivity contribution in [2.45, 2.75) is 19.0 Å². The van der Waals surface area contributed by atoms with Crippen LogP contribution in [0.4, 0.5) is 11.5 Å². The van der Waals surface area contributed by atoms with Crippen molar-refractivity contribution in [2.24, 2.45) is 7.05 Å². The number of para-hydroxylation sites is 1. The lowest BCUT2D eigenvalue weighted by atomic mass is 10.1. The second-order valence-electron chi connectivity index (χ2n) is 8.13. The van der Waals surface area contributed by atoms with Crippen LogP contribution in [0.25, 0.3) is 0 Å². The number of benzene rings is 2. The lowest BCUT2D eigenvalue weighted by Gasteiger charge is -2.18. The number of aromatic nitrogens is 2. The van der Waals surface area contributed by atoms with Crippen molar-refractivity contribution in [2.75, 3.05) is 30.7 Å². The van der Waals surface area contributed by atoms with E-state index < -0.39 is 11.2 Å². The van der Waals surface area contributed by atoms with E-state index >= 15 is 0 Å². The normalized spacial score (nSPS) is 16.2. The second-order valence-corrected chi connectivity index (χ2v) is 8.13. The predicted octanol–water partition coefficient (Wildman–Crippen LogP) is 1.55. The van der Waals surface area contributed by atoms with Crippen LogP contribution < -0.4 is 22.3 Å². The van der Waals surface area contributed by atoms with Gasteiger partial charge in [0.2, 0.25) is 0 Å². The van der Waals surface area contributed by atoms with E-state index in [1.807, 2.05) is 65.6 Å². The third kappa shape index (κ3) is 4.50. The lowest BCUT2D eigenvalue weighted by molar-refractivity contribution is 0.0943. The first kappa shape index (κ1) is 21.6. The first-order valence-corrected chi connectivity index (χ1v) is 10.6. The number of nitrogens with zero attached hydrogens (tertiary/aromatic N) is 3. The van der Waals surface area contributed by atoms with E-state index in [4.69, 9.17) is 5.73 Å². The summed E-state index contributed by atoms with van der Waals surface area (Å²) in [6, 6.07) is 19.5. The van der Waals surface area contributed by atoms with Crippen LogP contribution in [0, 0.1) is 0 Å². The molecule has 2 aromatic carbocycles. The van der Waals surface area contributed by atoms with Crippen molar-refractivity contribution in [3.63, 3.8) is 0 Å². The molecule has 0 radical (unpaired) electrons. The van der Waals surface area contributed by atoms with Crippen LogP contribution >= 0.6 is 0 Å². The van der Waals surface area contributed by atoms with E-state index in [1.54, 1.807) is 0 Å². The number of carbonyl (C=O) groups excluding carboxylic acids is 1. The van der Waals surface area contributed by atoms with Gasteiger partial charge in [-0.1, -0.05) is 48.5 Å². The third-order valence-electron chi connectivity index (χ3n) is 5.83. The Morgan fingerprint density at radius 2 is 1.72 bits per heavy atom. The average molecular weight is 434 g/mol. The standard InChI is InChI=1S/C24H27N5O3/c1-27-23(31)21(22(25)29(24(27)32)14-17-8-4-2-5-9-17)20(30)16-28-13-12-19(15-28)26-18-10-6-3-7-11-18/h2-11,19,26H,12-16,25H2,1H3. The van der Waals surface area contributed by atoms with E-state index in [0.717, 1.165) is 28.8 Å². The third-order valence-corrected chi connectivity index (χ3v) is 5.83. The Balaban J connectivity index is 1.52. The number of Topliss-reactive ketones (excluding diaryl/α,β-unsaturated/α-hetero) is 1. The highest BCUT2D eigenvalue weighted by Gasteiger charge is 2.27. The van der Waals surface area contributed by atoms with Crippen LogP contribution in [0.1, 0.15) is 22.3 Å². The van der Waals surface area contributed by atoms with Gasteiger partial charge in [0.25, 0.3) is 5.56 Å². The molecule has 4 rings (SSSR count). The molecule has 0 bridgehead atoms. The number of anilines is 2. The number of carbonyl (C=O) groups is 1. The van der Waals surface area contributed by atoms with Crippen LogP contribution in [0.15, 0.2) is 70.3 Å². The molecule has 32 heavy (non-hydrogen) atoms. The largest absolute Gasteiger partial charge is 0.384 e.